The summed E-state index contributed by atoms with van der Waals surface area (Å²) < 4.78 is 10.8. The van der Waals surface area contributed by atoms with Crippen molar-refractivity contribution in [1.29, 1.82) is 0 Å². The van der Waals surface area contributed by atoms with E-state index in [1.807, 2.05) is 6.92 Å². The Hall–Kier alpha value is -1.52. The van der Waals surface area contributed by atoms with E-state index >= 15 is 0 Å². The normalized spacial score (nSPS) is 10.2. The number of aliphatic hydroxyl groups is 1. The number of aliphatic carboxylic acids is 3. The Morgan fingerprint density at radius 3 is 0.942 bits per heavy atom. The molecule has 0 rings (SSSR count). The monoisotopic (exact) mass is 779 g/mol. The maximum Gasteiger partial charge on any atom is 0.303 e. The van der Waals surface area contributed by atoms with Gasteiger partial charge in [0.25, 0.3) is 0 Å². The summed E-state index contributed by atoms with van der Waals surface area (Å²) in [5.74, 6) is -1.99. The molecule has 0 aromatic rings. The first-order valence-corrected chi connectivity index (χ1v) is 20.2. The maximum absolute atomic E-state index is 10.1. The first-order valence-electron chi connectivity index (χ1n) is 20.2. The van der Waals surface area contributed by atoms with Crippen LogP contribution in [0.15, 0.2) is 25.3 Å². The molecule has 0 aliphatic rings. The van der Waals surface area contributed by atoms with Gasteiger partial charge in [0.2, 0.25) is 0 Å². The molecule has 0 aliphatic heterocycles. The van der Waals surface area contributed by atoms with E-state index < -0.39 is 17.9 Å². The molecule has 0 unspecified atom stereocenters. The first kappa shape index (κ1) is 59.8. The minimum absolute atomic E-state index is 0. The van der Waals surface area contributed by atoms with Crippen molar-refractivity contribution in [2.24, 2.45) is 5.41 Å². The second-order valence-corrected chi connectivity index (χ2v) is 13.4. The Morgan fingerprint density at radius 2 is 0.750 bits per heavy atom. The van der Waals surface area contributed by atoms with Gasteiger partial charge in [0, 0.05) is 46.4 Å². The molecular formula is C42H82O9Ti. The summed E-state index contributed by atoms with van der Waals surface area (Å²) >= 11 is 0. The summed E-state index contributed by atoms with van der Waals surface area (Å²) in [7, 11) is 0. The number of ether oxygens (including phenoxy) is 2. The maximum atomic E-state index is 10.1. The van der Waals surface area contributed by atoms with Gasteiger partial charge in [-0.25, -0.2) is 0 Å². The zero-order valence-electron chi connectivity index (χ0n) is 34.1. The van der Waals surface area contributed by atoms with E-state index in [9.17, 15) is 19.5 Å². The topological polar surface area (TPSA) is 151 Å². The summed E-state index contributed by atoms with van der Waals surface area (Å²) in [5, 5.41) is 34.4. The number of rotatable bonds is 34. The fourth-order valence-corrected chi connectivity index (χ4v) is 4.87. The van der Waals surface area contributed by atoms with Crippen molar-refractivity contribution in [2.45, 2.75) is 188 Å². The molecule has 0 radical (unpaired) electrons. The van der Waals surface area contributed by atoms with Gasteiger partial charge in [-0.1, -0.05) is 155 Å². The number of hydrogen-bond acceptors (Lipinski definition) is 6. The Kier molecular flexibility index (Phi) is 59.3. The molecule has 10 heteroatoms. The van der Waals surface area contributed by atoms with Crippen molar-refractivity contribution in [3.8, 4) is 0 Å². The van der Waals surface area contributed by atoms with Gasteiger partial charge in [0.1, 0.15) is 0 Å². The van der Waals surface area contributed by atoms with Crippen LogP contribution < -0.4 is 0 Å². The standard InChI is InChI=1S/C12H22O3.3C10H20O2.Ti/c1-4-7-14-10-12(6-3,9-13)11-15-8-5-2;3*1-2-3-4-5-6-7-8-9-10(11)12;/h4-5,13H,1-2,6-11H2,3H3;3*2-9H2,1H3,(H,11,12);. The SMILES string of the molecule is C=CCOCC(CC)(CO)COCC=C.CCCCCCCCCC(=O)O.CCCCCCCCCC(=O)O.CCCCCCCCCC(=O)O.[Ti]. The minimum atomic E-state index is -0.663. The number of carboxylic acids is 3. The molecule has 308 valence electrons. The van der Waals surface area contributed by atoms with Gasteiger partial charge in [-0.15, -0.1) is 13.2 Å². The largest absolute Gasteiger partial charge is 0.481 e. The van der Waals surface area contributed by atoms with Crippen molar-refractivity contribution < 1.29 is 66.0 Å². The number of aliphatic hydroxyl groups excluding tert-OH is 1. The molecule has 0 spiro atoms. The van der Waals surface area contributed by atoms with Gasteiger partial charge in [-0.3, -0.25) is 14.4 Å². The molecule has 52 heavy (non-hydrogen) atoms. The van der Waals surface area contributed by atoms with Gasteiger partial charge in [-0.05, 0) is 25.7 Å². The molecule has 0 saturated carbocycles. The molecule has 0 fully saturated rings. The second-order valence-electron chi connectivity index (χ2n) is 13.4. The average molecular weight is 779 g/mol. The van der Waals surface area contributed by atoms with Crippen molar-refractivity contribution in [3.05, 3.63) is 25.3 Å². The molecule has 4 N–H and O–H groups in total. The fraction of sp³-hybridized carbons (Fsp3) is 0.833. The van der Waals surface area contributed by atoms with Crippen LogP contribution in [0.3, 0.4) is 0 Å². The van der Waals surface area contributed by atoms with Crippen LogP contribution in [0, 0.1) is 5.41 Å². The molecule has 0 aliphatic carbocycles. The zero-order chi connectivity index (χ0) is 39.3. The van der Waals surface area contributed by atoms with Crippen LogP contribution in [0.5, 0.6) is 0 Å². The van der Waals surface area contributed by atoms with E-state index in [-0.39, 0.29) is 33.7 Å². The molecule has 0 bridgehead atoms. The molecular weight excluding hydrogens is 696 g/mol. The molecule has 0 heterocycles. The summed E-state index contributed by atoms with van der Waals surface area (Å²) in [6.07, 6.45) is 30.1. The predicted octanol–water partition coefficient (Wildman–Crippen LogP) is 11.4. The fourth-order valence-electron chi connectivity index (χ4n) is 4.87. The Labute approximate surface area is 334 Å². The smallest absolute Gasteiger partial charge is 0.303 e. The number of carbonyl (C=O) groups is 3. The third kappa shape index (κ3) is 57.8. The summed E-state index contributed by atoms with van der Waals surface area (Å²) in [5.41, 5.74) is -0.300. The molecule has 9 nitrogen and oxygen atoms in total. The van der Waals surface area contributed by atoms with Gasteiger partial charge in [0.15, 0.2) is 0 Å². The molecule has 0 atom stereocenters. The average Bonchev–Trinajstić information content (AvgIpc) is 3.10. The molecule has 0 aromatic carbocycles. The van der Waals surface area contributed by atoms with Crippen molar-refractivity contribution >= 4 is 17.9 Å². The van der Waals surface area contributed by atoms with Crippen LogP contribution in [-0.4, -0.2) is 71.4 Å². The predicted molar refractivity (Wildman–Crippen MR) is 213 cm³/mol. The van der Waals surface area contributed by atoms with Gasteiger partial charge >= 0.3 is 17.9 Å². The van der Waals surface area contributed by atoms with Crippen molar-refractivity contribution in [1.82, 2.24) is 0 Å². The number of hydrogen-bond donors (Lipinski definition) is 4. The Morgan fingerprint density at radius 1 is 0.500 bits per heavy atom. The molecule has 0 aromatic heterocycles. The van der Waals surface area contributed by atoms with E-state index in [4.69, 9.17) is 24.8 Å². The van der Waals surface area contributed by atoms with Crippen molar-refractivity contribution in [3.63, 3.8) is 0 Å². The zero-order valence-corrected chi connectivity index (χ0v) is 35.7. The van der Waals surface area contributed by atoms with Crippen LogP contribution in [0.2, 0.25) is 0 Å². The second kappa shape index (κ2) is 51.6. The van der Waals surface area contributed by atoms with E-state index in [1.54, 1.807) is 12.2 Å². The van der Waals surface area contributed by atoms with Crippen LogP contribution in [0.1, 0.15) is 188 Å². The summed E-state index contributed by atoms with van der Waals surface area (Å²) in [6.45, 7) is 17.8. The number of carboxylic acid groups (broad SMARTS) is 3. The molecule has 0 amide bonds. The Bertz CT molecular complexity index is 675. The first-order chi connectivity index (χ1) is 24.6. The van der Waals surface area contributed by atoms with Crippen LogP contribution in [0.4, 0.5) is 0 Å². The Balaban J connectivity index is -0.000000189. The van der Waals surface area contributed by atoms with Crippen LogP contribution in [0.25, 0.3) is 0 Å². The quantitative estimate of drug-likeness (QED) is 0.0284. The van der Waals surface area contributed by atoms with Crippen molar-refractivity contribution in [2.75, 3.05) is 33.0 Å². The van der Waals surface area contributed by atoms with E-state index in [2.05, 4.69) is 33.9 Å². The minimum Gasteiger partial charge on any atom is -0.481 e. The van der Waals surface area contributed by atoms with Gasteiger partial charge < -0.3 is 29.9 Å². The van der Waals surface area contributed by atoms with Gasteiger partial charge in [0.05, 0.1) is 33.0 Å². The van der Waals surface area contributed by atoms with E-state index in [0.717, 1.165) is 44.9 Å². The van der Waals surface area contributed by atoms with E-state index in [0.29, 0.717) is 45.7 Å². The van der Waals surface area contributed by atoms with E-state index in [1.165, 1.54) is 96.3 Å². The van der Waals surface area contributed by atoms with Crippen LogP contribution >= 0.6 is 0 Å². The van der Waals surface area contributed by atoms with Crippen LogP contribution in [-0.2, 0) is 45.6 Å². The van der Waals surface area contributed by atoms with Gasteiger partial charge in [-0.2, -0.15) is 0 Å². The third-order valence-corrected chi connectivity index (χ3v) is 8.36. The summed E-state index contributed by atoms with van der Waals surface area (Å²) in [4.78, 5) is 30.4. The summed E-state index contributed by atoms with van der Waals surface area (Å²) in [6, 6.07) is 0. The molecule has 0 saturated heterocycles. The third-order valence-electron chi connectivity index (χ3n) is 8.36. The number of unbranched alkanes of at least 4 members (excludes halogenated alkanes) is 18.